The van der Waals surface area contributed by atoms with Crippen molar-refractivity contribution < 1.29 is 9.21 Å². The third-order valence-electron chi connectivity index (χ3n) is 3.56. The van der Waals surface area contributed by atoms with Crippen LogP contribution in [-0.4, -0.2) is 46.9 Å². The lowest BCUT2D eigenvalue weighted by molar-refractivity contribution is 0.0627. The molecule has 3 heterocycles. The van der Waals surface area contributed by atoms with Gasteiger partial charge in [-0.15, -0.1) is 0 Å². The maximum atomic E-state index is 12.2. The summed E-state index contributed by atoms with van der Waals surface area (Å²) in [7, 11) is 0. The highest BCUT2D eigenvalue weighted by molar-refractivity contribution is 5.93. The lowest BCUT2D eigenvalue weighted by Gasteiger charge is -2.34. The highest BCUT2D eigenvalue weighted by Gasteiger charge is 2.22. The van der Waals surface area contributed by atoms with Gasteiger partial charge in [0.2, 0.25) is 0 Å². The largest absolute Gasteiger partial charge is 0.472 e. The first-order valence-electron chi connectivity index (χ1n) is 6.75. The molecule has 0 N–H and O–H groups in total. The van der Waals surface area contributed by atoms with Gasteiger partial charge in [0.05, 0.1) is 11.8 Å². The predicted molar refractivity (Wildman–Crippen MR) is 74.1 cm³/mol. The minimum Gasteiger partial charge on any atom is -0.472 e. The van der Waals surface area contributed by atoms with Gasteiger partial charge in [-0.1, -0.05) is 6.07 Å². The average Bonchev–Trinajstić information content (AvgIpc) is 3.03. The number of piperazine rings is 1. The van der Waals surface area contributed by atoms with Crippen LogP contribution < -0.4 is 0 Å². The first-order valence-corrected chi connectivity index (χ1v) is 6.75. The van der Waals surface area contributed by atoms with Crippen LogP contribution >= 0.6 is 0 Å². The summed E-state index contributed by atoms with van der Waals surface area (Å²) in [5.41, 5.74) is 1.84. The summed E-state index contributed by atoms with van der Waals surface area (Å²) < 4.78 is 4.96. The second-order valence-corrected chi connectivity index (χ2v) is 4.94. The summed E-state index contributed by atoms with van der Waals surface area (Å²) in [6.45, 7) is 4.17. The summed E-state index contributed by atoms with van der Waals surface area (Å²) in [5.74, 6) is 0.0553. The van der Waals surface area contributed by atoms with Crippen LogP contribution in [0.1, 0.15) is 15.9 Å². The van der Waals surface area contributed by atoms with Crippen molar-refractivity contribution in [3.8, 4) is 0 Å². The van der Waals surface area contributed by atoms with Gasteiger partial charge in [0.25, 0.3) is 5.91 Å². The number of rotatable bonds is 3. The van der Waals surface area contributed by atoms with Crippen LogP contribution in [0.25, 0.3) is 0 Å². The molecule has 5 nitrogen and oxygen atoms in total. The van der Waals surface area contributed by atoms with E-state index in [-0.39, 0.29) is 5.91 Å². The Labute approximate surface area is 117 Å². The Balaban J connectivity index is 1.53. The fraction of sp³-hybridized carbons (Fsp3) is 0.333. The molecule has 0 unspecified atom stereocenters. The van der Waals surface area contributed by atoms with E-state index in [9.17, 15) is 4.79 Å². The van der Waals surface area contributed by atoms with Crippen molar-refractivity contribution in [1.29, 1.82) is 0 Å². The molecule has 5 heteroatoms. The van der Waals surface area contributed by atoms with Crippen LogP contribution in [-0.2, 0) is 6.54 Å². The van der Waals surface area contributed by atoms with E-state index in [2.05, 4.69) is 16.0 Å². The molecule has 1 fully saturated rings. The van der Waals surface area contributed by atoms with Crippen molar-refractivity contribution in [2.75, 3.05) is 26.2 Å². The molecule has 0 aliphatic carbocycles. The van der Waals surface area contributed by atoms with Crippen LogP contribution in [0.15, 0.2) is 47.5 Å². The number of nitrogens with zero attached hydrogens (tertiary/aromatic N) is 3. The van der Waals surface area contributed by atoms with E-state index in [0.29, 0.717) is 5.56 Å². The Morgan fingerprint density at radius 2 is 2.10 bits per heavy atom. The van der Waals surface area contributed by atoms with Gasteiger partial charge < -0.3 is 9.32 Å². The van der Waals surface area contributed by atoms with Gasteiger partial charge in [-0.05, 0) is 17.7 Å². The molecule has 1 saturated heterocycles. The van der Waals surface area contributed by atoms with E-state index in [1.807, 2.05) is 17.2 Å². The molecule has 0 atom stereocenters. The second kappa shape index (κ2) is 5.88. The third-order valence-corrected chi connectivity index (χ3v) is 3.56. The normalized spacial score (nSPS) is 16.3. The van der Waals surface area contributed by atoms with Crippen LogP contribution in [0, 0.1) is 0 Å². The maximum Gasteiger partial charge on any atom is 0.257 e. The molecule has 0 spiro atoms. The van der Waals surface area contributed by atoms with E-state index in [1.165, 1.54) is 18.1 Å². The van der Waals surface area contributed by atoms with Crippen molar-refractivity contribution in [2.24, 2.45) is 0 Å². The van der Waals surface area contributed by atoms with Crippen molar-refractivity contribution in [3.05, 3.63) is 54.2 Å². The SMILES string of the molecule is O=C(c1ccoc1)N1CCN(Cc2cccnc2)CC1. The Bertz CT molecular complexity index is 546. The van der Waals surface area contributed by atoms with Gasteiger partial charge in [-0.2, -0.15) is 0 Å². The zero-order valence-corrected chi connectivity index (χ0v) is 11.2. The number of carbonyl (C=O) groups excluding carboxylic acids is 1. The van der Waals surface area contributed by atoms with Gasteiger partial charge in [0.1, 0.15) is 6.26 Å². The molecule has 0 aromatic carbocycles. The first-order chi connectivity index (χ1) is 9.83. The molecule has 104 valence electrons. The van der Waals surface area contributed by atoms with Gasteiger partial charge >= 0.3 is 0 Å². The van der Waals surface area contributed by atoms with E-state index in [1.54, 1.807) is 12.3 Å². The number of amides is 1. The summed E-state index contributed by atoms with van der Waals surface area (Å²) in [4.78, 5) is 20.5. The van der Waals surface area contributed by atoms with Gasteiger partial charge in [0.15, 0.2) is 0 Å². The maximum absolute atomic E-state index is 12.2. The number of hydrogen-bond acceptors (Lipinski definition) is 4. The average molecular weight is 271 g/mol. The number of hydrogen-bond donors (Lipinski definition) is 0. The minimum absolute atomic E-state index is 0.0553. The van der Waals surface area contributed by atoms with Gasteiger partial charge in [-0.3, -0.25) is 14.7 Å². The van der Waals surface area contributed by atoms with E-state index < -0.39 is 0 Å². The molecule has 20 heavy (non-hydrogen) atoms. The first kappa shape index (κ1) is 12.9. The third kappa shape index (κ3) is 2.88. The molecule has 2 aromatic rings. The summed E-state index contributed by atoms with van der Waals surface area (Å²) >= 11 is 0. The zero-order valence-electron chi connectivity index (χ0n) is 11.2. The van der Waals surface area contributed by atoms with Crippen molar-refractivity contribution >= 4 is 5.91 Å². The van der Waals surface area contributed by atoms with Crippen LogP contribution in [0.5, 0.6) is 0 Å². The lowest BCUT2D eigenvalue weighted by atomic mass is 10.2. The van der Waals surface area contributed by atoms with Crippen LogP contribution in [0.2, 0.25) is 0 Å². The summed E-state index contributed by atoms with van der Waals surface area (Å²) in [6, 6.07) is 5.74. The standard InChI is InChI=1S/C15H17N3O2/c19-15(14-3-9-20-12-14)18-7-5-17(6-8-18)11-13-2-1-4-16-10-13/h1-4,9-10,12H,5-8,11H2. The molecule has 1 aliphatic heterocycles. The minimum atomic E-state index is 0.0553. The Hall–Kier alpha value is -2.14. The lowest BCUT2D eigenvalue weighted by Crippen LogP contribution is -2.48. The number of furan rings is 1. The fourth-order valence-corrected chi connectivity index (χ4v) is 2.43. The highest BCUT2D eigenvalue weighted by Crippen LogP contribution is 2.11. The Kier molecular flexibility index (Phi) is 3.78. The fourth-order valence-electron chi connectivity index (χ4n) is 2.43. The number of pyridine rings is 1. The quantitative estimate of drug-likeness (QED) is 0.851. The Morgan fingerprint density at radius 3 is 2.75 bits per heavy atom. The van der Waals surface area contributed by atoms with Crippen molar-refractivity contribution in [1.82, 2.24) is 14.8 Å². The van der Waals surface area contributed by atoms with Crippen molar-refractivity contribution in [3.63, 3.8) is 0 Å². The second-order valence-electron chi connectivity index (χ2n) is 4.94. The molecular weight excluding hydrogens is 254 g/mol. The molecule has 3 rings (SSSR count). The molecular formula is C15H17N3O2. The highest BCUT2D eigenvalue weighted by atomic mass is 16.3. The van der Waals surface area contributed by atoms with Gasteiger partial charge in [-0.25, -0.2) is 0 Å². The molecule has 0 saturated carbocycles. The monoisotopic (exact) mass is 271 g/mol. The van der Waals surface area contributed by atoms with E-state index in [4.69, 9.17) is 4.42 Å². The van der Waals surface area contributed by atoms with Crippen molar-refractivity contribution in [2.45, 2.75) is 6.54 Å². The molecule has 1 aliphatic rings. The summed E-state index contributed by atoms with van der Waals surface area (Å²) in [6.07, 6.45) is 6.71. The zero-order chi connectivity index (χ0) is 13.8. The number of aromatic nitrogens is 1. The van der Waals surface area contributed by atoms with E-state index >= 15 is 0 Å². The van der Waals surface area contributed by atoms with Gasteiger partial charge in [0, 0.05) is 45.1 Å². The topological polar surface area (TPSA) is 49.6 Å². The molecule has 2 aromatic heterocycles. The predicted octanol–water partition coefficient (Wildman–Crippen LogP) is 1.63. The molecule has 1 amide bonds. The number of carbonyl (C=O) groups is 1. The Morgan fingerprint density at radius 1 is 1.25 bits per heavy atom. The summed E-state index contributed by atoms with van der Waals surface area (Å²) in [5, 5.41) is 0. The van der Waals surface area contributed by atoms with E-state index in [0.717, 1.165) is 32.7 Å². The van der Waals surface area contributed by atoms with Crippen LogP contribution in [0.3, 0.4) is 0 Å². The molecule has 0 radical (unpaired) electrons. The van der Waals surface area contributed by atoms with Crippen LogP contribution in [0.4, 0.5) is 0 Å². The smallest absolute Gasteiger partial charge is 0.257 e. The molecule has 0 bridgehead atoms.